The van der Waals surface area contributed by atoms with Crippen molar-refractivity contribution in [3.8, 4) is 33.4 Å². The highest BCUT2D eigenvalue weighted by Crippen LogP contribution is 2.44. The van der Waals surface area contributed by atoms with E-state index in [2.05, 4.69) is 205 Å². The normalized spacial score (nSPS) is 11.5. The molecule has 0 saturated heterocycles. The first-order valence-electron chi connectivity index (χ1n) is 17.7. The maximum atomic E-state index is 2.40. The molecule has 1 nitrogen and oxygen atoms in total. The van der Waals surface area contributed by atoms with Gasteiger partial charge in [0.25, 0.3) is 0 Å². The van der Waals surface area contributed by atoms with Crippen LogP contribution in [0.1, 0.15) is 0 Å². The van der Waals surface area contributed by atoms with Gasteiger partial charge in [-0.15, -0.1) is 11.3 Å². The number of nitrogens with zero attached hydrogens (tertiary/aromatic N) is 1. The van der Waals surface area contributed by atoms with Gasteiger partial charge < -0.3 is 4.90 Å². The third-order valence-electron chi connectivity index (χ3n) is 10.3. The molecule has 10 rings (SSSR count). The summed E-state index contributed by atoms with van der Waals surface area (Å²) in [6, 6.07) is 73.0. The smallest absolute Gasteiger partial charge is 0.101 e. The van der Waals surface area contributed by atoms with Crippen molar-refractivity contribution in [2.24, 2.45) is 0 Å². The molecule has 0 atom stereocenters. The van der Waals surface area contributed by atoms with Crippen molar-refractivity contribution < 1.29 is 0 Å². The van der Waals surface area contributed by atoms with Crippen LogP contribution in [0, 0.1) is 0 Å². The van der Waals surface area contributed by atoms with Crippen molar-refractivity contribution in [2.75, 3.05) is 4.90 Å². The van der Waals surface area contributed by atoms with Gasteiger partial charge in [0.2, 0.25) is 0 Å². The van der Waals surface area contributed by atoms with Crippen LogP contribution in [0.3, 0.4) is 0 Å². The first kappa shape index (κ1) is 30.4. The fourth-order valence-corrected chi connectivity index (χ4v) is 8.61. The van der Waals surface area contributed by atoms with Crippen LogP contribution in [0.2, 0.25) is 0 Å². The number of rotatable bonds is 6. The number of benzene rings is 9. The van der Waals surface area contributed by atoms with E-state index in [4.69, 9.17) is 0 Å². The zero-order chi connectivity index (χ0) is 34.4. The van der Waals surface area contributed by atoms with E-state index < -0.39 is 0 Å². The zero-order valence-corrected chi connectivity index (χ0v) is 29.2. The Morgan fingerprint density at radius 2 is 0.692 bits per heavy atom. The monoisotopic (exact) mass is 679 g/mol. The molecule has 10 aromatic rings. The molecule has 2 heteroatoms. The van der Waals surface area contributed by atoms with Crippen LogP contribution in [0.5, 0.6) is 0 Å². The van der Waals surface area contributed by atoms with Gasteiger partial charge in [0.05, 0.1) is 0 Å². The van der Waals surface area contributed by atoms with E-state index in [9.17, 15) is 0 Å². The van der Waals surface area contributed by atoms with E-state index in [-0.39, 0.29) is 0 Å². The molecular weight excluding hydrogens is 647 g/mol. The van der Waals surface area contributed by atoms with Crippen molar-refractivity contribution in [3.63, 3.8) is 0 Å². The zero-order valence-electron chi connectivity index (χ0n) is 28.4. The molecule has 244 valence electrons. The van der Waals surface area contributed by atoms with Gasteiger partial charge >= 0.3 is 0 Å². The Bertz CT molecular complexity index is 2880. The number of hydrogen-bond acceptors (Lipinski definition) is 2. The lowest BCUT2D eigenvalue weighted by Gasteiger charge is -2.24. The minimum absolute atomic E-state index is 1.13. The van der Waals surface area contributed by atoms with E-state index in [1.807, 2.05) is 11.3 Å². The van der Waals surface area contributed by atoms with Crippen molar-refractivity contribution in [1.82, 2.24) is 0 Å². The summed E-state index contributed by atoms with van der Waals surface area (Å²) in [7, 11) is 0. The fraction of sp³-hybridized carbons (Fsp3) is 0. The Kier molecular flexibility index (Phi) is 7.41. The maximum absolute atomic E-state index is 2.40. The van der Waals surface area contributed by atoms with Gasteiger partial charge in [-0.25, -0.2) is 0 Å². The van der Waals surface area contributed by atoms with E-state index in [1.54, 1.807) is 0 Å². The van der Waals surface area contributed by atoms with Gasteiger partial charge in [0.15, 0.2) is 0 Å². The molecular formula is C50H33NS. The molecule has 0 N–H and O–H groups in total. The molecule has 0 fully saturated rings. The highest BCUT2D eigenvalue weighted by molar-refractivity contribution is 7.23. The number of hydrogen-bond donors (Lipinski definition) is 0. The van der Waals surface area contributed by atoms with E-state index in [0.29, 0.717) is 0 Å². The summed E-state index contributed by atoms with van der Waals surface area (Å²) >= 11 is 1.84. The lowest BCUT2D eigenvalue weighted by atomic mass is 9.98. The average Bonchev–Trinajstić information content (AvgIpc) is 3.66. The summed E-state index contributed by atoms with van der Waals surface area (Å²) < 4.78 is 1.29. The molecule has 0 unspecified atom stereocenters. The SMILES string of the molecule is c1ccc2cc(-c3ccc(-c4ccc(N(c5ccc(-c6ccc7ccccc7c6)cc5)c5cc6c(ccc7ccccc76)s5)cc4)cc3)ccc2c1. The van der Waals surface area contributed by atoms with Crippen molar-refractivity contribution in [3.05, 3.63) is 200 Å². The Hall–Kier alpha value is -6.48. The fourth-order valence-electron chi connectivity index (χ4n) is 7.49. The minimum atomic E-state index is 1.13. The summed E-state index contributed by atoms with van der Waals surface area (Å²) in [5.74, 6) is 0. The third kappa shape index (κ3) is 5.51. The van der Waals surface area contributed by atoms with Crippen molar-refractivity contribution in [1.29, 1.82) is 0 Å². The molecule has 0 bridgehead atoms. The first-order chi connectivity index (χ1) is 25.7. The summed E-state index contributed by atoms with van der Waals surface area (Å²) in [5.41, 5.74) is 9.55. The summed E-state index contributed by atoms with van der Waals surface area (Å²) in [4.78, 5) is 2.40. The Labute approximate surface area is 307 Å². The minimum Gasteiger partial charge on any atom is -0.302 e. The van der Waals surface area contributed by atoms with Crippen LogP contribution < -0.4 is 4.90 Å². The van der Waals surface area contributed by atoms with E-state index in [0.717, 1.165) is 11.4 Å². The lowest BCUT2D eigenvalue weighted by Crippen LogP contribution is -2.08. The van der Waals surface area contributed by atoms with Crippen LogP contribution in [-0.2, 0) is 0 Å². The van der Waals surface area contributed by atoms with Gasteiger partial charge in [-0.1, -0.05) is 152 Å². The lowest BCUT2D eigenvalue weighted by molar-refractivity contribution is 1.32. The molecule has 0 aliphatic carbocycles. The highest BCUT2D eigenvalue weighted by Gasteiger charge is 2.17. The standard InChI is InChI=1S/C50H33NS/c1-3-10-41-31-43(19-17-34(41)7-1)38-15-13-36(14-16-38)37-21-26-45(27-22-37)51(50-33-48-47-12-6-5-9-40(47)25-30-49(48)52-50)46-28-23-39(24-29-46)44-20-18-35-8-2-4-11-42(35)32-44/h1-33H. The van der Waals surface area contributed by atoms with Crippen molar-refractivity contribution in [2.45, 2.75) is 0 Å². The first-order valence-corrected chi connectivity index (χ1v) is 18.6. The van der Waals surface area contributed by atoms with Crippen LogP contribution in [-0.4, -0.2) is 0 Å². The Balaban J connectivity index is 1.01. The second-order valence-electron chi connectivity index (χ2n) is 13.4. The van der Waals surface area contributed by atoms with Crippen LogP contribution in [0.25, 0.3) is 75.8 Å². The van der Waals surface area contributed by atoms with Crippen LogP contribution >= 0.6 is 11.3 Å². The Morgan fingerprint density at radius 1 is 0.288 bits per heavy atom. The number of anilines is 3. The molecule has 0 saturated carbocycles. The van der Waals surface area contributed by atoms with Gasteiger partial charge in [-0.3, -0.25) is 0 Å². The molecule has 0 spiro atoms. The topological polar surface area (TPSA) is 3.24 Å². The molecule has 1 aromatic heterocycles. The molecule has 1 heterocycles. The average molecular weight is 680 g/mol. The van der Waals surface area contributed by atoms with E-state index in [1.165, 1.54) is 80.8 Å². The quantitative estimate of drug-likeness (QED) is 0.169. The van der Waals surface area contributed by atoms with Gasteiger partial charge in [-0.2, -0.15) is 0 Å². The molecule has 0 radical (unpaired) electrons. The number of thiophene rings is 1. The second-order valence-corrected chi connectivity index (χ2v) is 14.5. The third-order valence-corrected chi connectivity index (χ3v) is 11.4. The summed E-state index contributed by atoms with van der Waals surface area (Å²) in [6.45, 7) is 0. The van der Waals surface area contributed by atoms with E-state index >= 15 is 0 Å². The van der Waals surface area contributed by atoms with Gasteiger partial charge in [-0.05, 0) is 114 Å². The van der Waals surface area contributed by atoms with Crippen LogP contribution in [0.15, 0.2) is 200 Å². The molecule has 0 amide bonds. The predicted molar refractivity (Wildman–Crippen MR) is 225 cm³/mol. The summed E-state index contributed by atoms with van der Waals surface area (Å²) in [6.07, 6.45) is 0. The molecule has 52 heavy (non-hydrogen) atoms. The number of fused-ring (bicyclic) bond motifs is 5. The predicted octanol–water partition coefficient (Wildman–Crippen LogP) is 14.8. The van der Waals surface area contributed by atoms with Crippen LogP contribution in [0.4, 0.5) is 16.4 Å². The summed E-state index contributed by atoms with van der Waals surface area (Å²) in [5, 5.41) is 10.1. The molecule has 0 aliphatic rings. The second kappa shape index (κ2) is 12.7. The largest absolute Gasteiger partial charge is 0.302 e. The Morgan fingerprint density at radius 3 is 1.23 bits per heavy atom. The van der Waals surface area contributed by atoms with Crippen molar-refractivity contribution >= 4 is 70.1 Å². The molecule has 9 aromatic carbocycles. The van der Waals surface area contributed by atoms with Gasteiger partial charge in [0, 0.05) is 21.5 Å². The highest BCUT2D eigenvalue weighted by atomic mass is 32.1. The van der Waals surface area contributed by atoms with Gasteiger partial charge in [0.1, 0.15) is 5.00 Å². The maximum Gasteiger partial charge on any atom is 0.101 e. The molecule has 0 aliphatic heterocycles.